The van der Waals surface area contributed by atoms with Crippen LogP contribution >= 0.6 is 0 Å². The fourth-order valence-corrected chi connectivity index (χ4v) is 0. The first kappa shape index (κ1) is 22.5. The number of carboxylic acids is 1. The van der Waals surface area contributed by atoms with Gasteiger partial charge in [-0.3, -0.25) is 4.55 Å². The van der Waals surface area contributed by atoms with Crippen LogP contribution in [0.25, 0.3) is 0 Å². The molecule has 0 aliphatic heterocycles. The molecule has 0 aromatic rings. The molecule has 0 spiro atoms. The minimum Gasteiger partial charge on any atom is -0.726 e. The first-order chi connectivity index (χ1) is 3.73. The van der Waals surface area contributed by atoms with Gasteiger partial charge in [-0.05, 0) is 6.92 Å². The Morgan fingerprint density at radius 3 is 1.45 bits per heavy atom. The van der Waals surface area contributed by atoms with Gasteiger partial charge in [0.25, 0.3) is 0 Å². The number of carboxylic acid groups (broad SMARTS) is 1. The van der Waals surface area contributed by atoms with Crippen LogP contribution in [-0.4, -0.2) is 23.5 Å². The van der Waals surface area contributed by atoms with E-state index < -0.39 is 16.4 Å². The maximum Gasteiger partial charge on any atom is 1.00 e. The zero-order valence-electron chi connectivity index (χ0n) is 6.40. The summed E-state index contributed by atoms with van der Waals surface area (Å²) in [5.41, 5.74) is 0. The first-order valence-electron chi connectivity index (χ1n) is 1.59. The molecule has 9 heteroatoms. The van der Waals surface area contributed by atoms with E-state index in [1.807, 2.05) is 0 Å². The molecule has 0 saturated carbocycles. The quantitative estimate of drug-likeness (QED) is 0.225. The molecular weight excluding hydrogens is 189 g/mol. The summed E-state index contributed by atoms with van der Waals surface area (Å²) in [5.74, 6) is -1.08. The fraction of sp³-hybridized carbons (Fsp3) is 0.500. The van der Waals surface area contributed by atoms with Gasteiger partial charge in [-0.25, -0.2) is 8.42 Å². The molecule has 7 nitrogen and oxygen atoms in total. The Kier molecular flexibility index (Phi) is 21.1. The average Bonchev–Trinajstić information content (AvgIpc) is 1.19. The number of aliphatic carboxylic acids is 1. The van der Waals surface area contributed by atoms with Gasteiger partial charge in [0.1, 0.15) is 0 Å². The molecule has 0 rings (SSSR count). The molecule has 0 bridgehead atoms. The monoisotopic (exact) mass is 197 g/mol. The molecule has 0 radical (unpaired) electrons. The van der Waals surface area contributed by atoms with Gasteiger partial charge in [-0.1, -0.05) is 0 Å². The van der Waals surface area contributed by atoms with E-state index in [9.17, 15) is 0 Å². The van der Waals surface area contributed by atoms with Crippen molar-refractivity contribution in [2.24, 2.45) is 0 Å². The summed E-state index contributed by atoms with van der Waals surface area (Å²) in [5, 5.41) is 8.89. The van der Waals surface area contributed by atoms with E-state index >= 15 is 0 Å². The maximum atomic E-state index is 8.89. The molecule has 0 fully saturated rings. The Morgan fingerprint density at radius 1 is 1.45 bits per heavy atom. The summed E-state index contributed by atoms with van der Waals surface area (Å²) in [6.07, 6.45) is 0. The predicted octanol–water partition coefficient (Wildman–Crippen LogP) is -4.86. The Balaban J connectivity index is -0.0000000383. The number of carbonyl (C=O) groups is 1. The van der Waals surface area contributed by atoms with E-state index in [1.54, 1.807) is 0 Å². The normalized spacial score (nSPS) is 7.55. The second kappa shape index (κ2) is 10.3. The van der Waals surface area contributed by atoms with Crippen molar-refractivity contribution in [1.82, 2.24) is 6.15 Å². The van der Waals surface area contributed by atoms with Crippen molar-refractivity contribution in [1.29, 1.82) is 0 Å². The molecule has 64 valence electrons. The van der Waals surface area contributed by atoms with Crippen molar-refractivity contribution in [3.05, 3.63) is 0 Å². The van der Waals surface area contributed by atoms with Gasteiger partial charge in [0.15, 0.2) is 0 Å². The minimum absolute atomic E-state index is 0. The van der Waals surface area contributed by atoms with Gasteiger partial charge in [0.05, 0.1) is 0 Å². The van der Waals surface area contributed by atoms with E-state index in [0.717, 1.165) is 6.92 Å². The molecule has 0 atom stereocenters. The van der Waals surface area contributed by atoms with Gasteiger partial charge in [-0.2, -0.15) is 0 Å². The Bertz CT molecular complexity index is 163. The van der Waals surface area contributed by atoms with Crippen molar-refractivity contribution in [3.8, 4) is 0 Å². The minimum atomic E-state index is -4.92. The topological polar surface area (TPSA) is 154 Å². The summed E-state index contributed by atoms with van der Waals surface area (Å²) in [6.45, 7) is 0.972. The Hall–Kier alpha value is 0.300. The molecule has 0 aromatic carbocycles. The Labute approximate surface area is 86.2 Å². The molecule has 0 amide bonds. The molecule has 0 aliphatic rings. The van der Waals surface area contributed by atoms with Crippen LogP contribution in [0.5, 0.6) is 0 Å². The Morgan fingerprint density at radius 2 is 1.45 bits per heavy atom. The average molecular weight is 197 g/mol. The van der Waals surface area contributed by atoms with Crippen molar-refractivity contribution in [2.45, 2.75) is 6.92 Å². The molecule has 11 heavy (non-hydrogen) atoms. The van der Waals surface area contributed by atoms with Crippen molar-refractivity contribution in [3.63, 3.8) is 0 Å². The zero-order chi connectivity index (χ0) is 8.08. The summed E-state index contributed by atoms with van der Waals surface area (Å²) in [7, 11) is -4.92. The van der Waals surface area contributed by atoms with Gasteiger partial charge < -0.3 is 20.6 Å². The van der Waals surface area contributed by atoms with Crippen molar-refractivity contribution in [2.75, 3.05) is 0 Å². The van der Waals surface area contributed by atoms with Gasteiger partial charge >= 0.3 is 29.6 Å². The summed E-state index contributed by atoms with van der Waals surface area (Å²) in [4.78, 5) is 8.89. The van der Waals surface area contributed by atoms with E-state index in [2.05, 4.69) is 0 Å². The summed E-state index contributed by atoms with van der Waals surface area (Å²) >= 11 is 0. The third-order valence-electron chi connectivity index (χ3n) is 0. The van der Waals surface area contributed by atoms with Crippen LogP contribution in [0.15, 0.2) is 0 Å². The van der Waals surface area contributed by atoms with Crippen LogP contribution in [0.1, 0.15) is 6.92 Å². The number of rotatable bonds is 0. The van der Waals surface area contributed by atoms with Crippen LogP contribution in [0, 0.1) is 0 Å². The second-order valence-electron chi connectivity index (χ2n) is 0.919. The summed E-state index contributed by atoms with van der Waals surface area (Å²) in [6, 6.07) is 0. The SMILES string of the molecule is CC(=O)[O-].O=S(=O)([O-])O.[NH4+].[Na+]. The van der Waals surface area contributed by atoms with Crippen LogP contribution in [0.2, 0.25) is 0 Å². The standard InChI is InChI=1S/C2H4O2.H3N.Na.H2O4S/c1-2(3)4;;;1-5(2,3)4/h1H3,(H,3,4);1H3;;(H2,1,2,3,4)/q;;+1;/p-1. The summed E-state index contributed by atoms with van der Waals surface area (Å²) < 4.78 is 32.8. The fourth-order valence-electron chi connectivity index (χ4n) is 0. The van der Waals surface area contributed by atoms with Crippen LogP contribution in [0.3, 0.4) is 0 Å². The van der Waals surface area contributed by atoms with Gasteiger partial charge in [0.2, 0.25) is 10.4 Å². The van der Waals surface area contributed by atoms with E-state index in [4.69, 9.17) is 27.4 Å². The van der Waals surface area contributed by atoms with Crippen LogP contribution < -0.4 is 40.8 Å². The molecule has 5 N–H and O–H groups in total. The molecule has 0 saturated heterocycles. The number of carbonyl (C=O) groups excluding carboxylic acids is 1. The zero-order valence-corrected chi connectivity index (χ0v) is 9.21. The maximum absolute atomic E-state index is 8.89. The van der Waals surface area contributed by atoms with Gasteiger partial charge in [-0.15, -0.1) is 0 Å². The number of hydrogen-bond acceptors (Lipinski definition) is 5. The molecule has 0 aliphatic carbocycles. The third kappa shape index (κ3) is 7880. The number of quaternary nitrogens is 1. The van der Waals surface area contributed by atoms with Gasteiger partial charge in [0, 0.05) is 5.97 Å². The molecule has 0 unspecified atom stereocenters. The molecule has 0 heterocycles. The first-order valence-corrected chi connectivity index (χ1v) is 2.96. The largest absolute Gasteiger partial charge is 1.00 e. The number of hydrogen-bond donors (Lipinski definition) is 2. The van der Waals surface area contributed by atoms with E-state index in [-0.39, 0.29) is 35.7 Å². The van der Waals surface area contributed by atoms with Crippen molar-refractivity contribution < 1.29 is 57.0 Å². The van der Waals surface area contributed by atoms with E-state index in [1.165, 1.54) is 0 Å². The third-order valence-corrected chi connectivity index (χ3v) is 0. The van der Waals surface area contributed by atoms with Crippen LogP contribution in [-0.2, 0) is 15.2 Å². The van der Waals surface area contributed by atoms with Crippen LogP contribution in [0.4, 0.5) is 0 Å². The molecular formula is C2H8NNaO6S. The van der Waals surface area contributed by atoms with Crippen molar-refractivity contribution >= 4 is 16.4 Å². The second-order valence-corrected chi connectivity index (χ2v) is 1.77. The smallest absolute Gasteiger partial charge is 0.726 e. The van der Waals surface area contributed by atoms with E-state index in [0.29, 0.717) is 0 Å². The predicted molar refractivity (Wildman–Crippen MR) is 29.0 cm³/mol. The molecule has 0 aromatic heterocycles.